The van der Waals surface area contributed by atoms with Gasteiger partial charge in [-0.25, -0.2) is 4.39 Å². The van der Waals surface area contributed by atoms with Gasteiger partial charge in [-0.3, -0.25) is 9.69 Å². The molecule has 2 fully saturated rings. The van der Waals surface area contributed by atoms with Gasteiger partial charge in [0.05, 0.1) is 5.52 Å². The fraction of sp³-hybridized carbons (Fsp3) is 0.550. The van der Waals surface area contributed by atoms with Crippen molar-refractivity contribution in [2.24, 2.45) is 0 Å². The van der Waals surface area contributed by atoms with Crippen LogP contribution in [0.1, 0.15) is 41.7 Å². The summed E-state index contributed by atoms with van der Waals surface area (Å²) in [7, 11) is 0. The number of halogens is 1. The molecule has 0 spiro atoms. The van der Waals surface area contributed by atoms with E-state index in [4.69, 9.17) is 0 Å². The van der Waals surface area contributed by atoms with Crippen LogP contribution in [0.4, 0.5) is 4.39 Å². The largest absolute Gasteiger partial charge is 0.350 e. The summed E-state index contributed by atoms with van der Waals surface area (Å²) in [5.74, 6) is -0.428. The van der Waals surface area contributed by atoms with Crippen LogP contribution in [-0.4, -0.2) is 54.1 Å². The number of fused-ring (bicyclic) bond motifs is 1. The first-order valence-corrected chi connectivity index (χ1v) is 9.65. The average Bonchev–Trinajstić information content (AvgIpc) is 3.13. The maximum atomic E-state index is 14.0. The van der Waals surface area contributed by atoms with Crippen LogP contribution in [-0.2, 0) is 0 Å². The Morgan fingerprint density at radius 3 is 2.85 bits per heavy atom. The van der Waals surface area contributed by atoms with Gasteiger partial charge < -0.3 is 15.6 Å². The van der Waals surface area contributed by atoms with Crippen LogP contribution in [0.15, 0.2) is 18.2 Å². The minimum absolute atomic E-state index is 0.133. The average molecular weight is 358 g/mol. The third-order valence-electron chi connectivity index (χ3n) is 5.84. The lowest BCUT2D eigenvalue weighted by molar-refractivity contribution is 0.0876. The molecular weight excluding hydrogens is 331 g/mol. The number of hydrogen-bond donors (Lipinski definition) is 3. The number of piperazine rings is 1. The SMILES string of the molecule is Cc1ccc(F)c2cc(C(=O)N[C@@H]3CCC[C@@H](N4CCNCC4)C3)[nH]c12. The molecule has 1 aliphatic heterocycles. The van der Waals surface area contributed by atoms with Gasteiger partial charge in [-0.05, 0) is 50.3 Å². The molecule has 1 aromatic heterocycles. The van der Waals surface area contributed by atoms with Gasteiger partial charge in [0.25, 0.3) is 5.91 Å². The summed E-state index contributed by atoms with van der Waals surface area (Å²) in [5, 5.41) is 7.05. The van der Waals surface area contributed by atoms with E-state index in [1.807, 2.05) is 6.92 Å². The minimum Gasteiger partial charge on any atom is -0.350 e. The summed E-state index contributed by atoms with van der Waals surface area (Å²) in [6.45, 7) is 6.19. The van der Waals surface area contributed by atoms with Gasteiger partial charge in [0.15, 0.2) is 0 Å². The van der Waals surface area contributed by atoms with Crippen LogP contribution in [0.25, 0.3) is 10.9 Å². The van der Waals surface area contributed by atoms with Gasteiger partial charge in [-0.1, -0.05) is 6.07 Å². The van der Waals surface area contributed by atoms with E-state index >= 15 is 0 Å². The number of nitrogens with zero attached hydrogens (tertiary/aromatic N) is 1. The molecule has 2 aromatic rings. The molecule has 1 aromatic carbocycles. The Bertz CT molecular complexity index is 757. The summed E-state index contributed by atoms with van der Waals surface area (Å²) in [4.78, 5) is 18.3. The first-order valence-electron chi connectivity index (χ1n) is 9.65. The molecule has 3 N–H and O–H groups in total. The minimum atomic E-state index is -0.294. The fourth-order valence-electron chi connectivity index (χ4n) is 4.38. The number of aryl methyl sites for hydroxylation is 1. The highest BCUT2D eigenvalue weighted by Gasteiger charge is 2.28. The smallest absolute Gasteiger partial charge is 0.267 e. The zero-order chi connectivity index (χ0) is 18.1. The second kappa shape index (κ2) is 7.37. The van der Waals surface area contributed by atoms with E-state index in [1.165, 1.54) is 12.5 Å². The van der Waals surface area contributed by atoms with Crippen molar-refractivity contribution in [2.75, 3.05) is 26.2 Å². The standard InChI is InChI=1S/C20H27FN4O/c1-13-5-6-17(21)16-12-18(24-19(13)16)20(26)23-14-3-2-4-15(11-14)25-9-7-22-8-10-25/h5-6,12,14-15,22,24H,2-4,7-11H2,1H3,(H,23,26)/t14-,15-/m1/s1. The summed E-state index contributed by atoms with van der Waals surface area (Å²) < 4.78 is 14.0. The van der Waals surface area contributed by atoms with Crippen molar-refractivity contribution in [2.45, 2.75) is 44.7 Å². The predicted molar refractivity (Wildman–Crippen MR) is 101 cm³/mol. The molecule has 5 nitrogen and oxygen atoms in total. The maximum absolute atomic E-state index is 14.0. The molecule has 1 saturated heterocycles. The predicted octanol–water partition coefficient (Wildman–Crippen LogP) is 2.56. The van der Waals surface area contributed by atoms with Gasteiger partial charge in [0, 0.05) is 43.6 Å². The Balaban J connectivity index is 1.44. The van der Waals surface area contributed by atoms with E-state index in [-0.39, 0.29) is 17.8 Å². The molecule has 1 saturated carbocycles. The number of nitrogens with one attached hydrogen (secondary N) is 3. The van der Waals surface area contributed by atoms with Gasteiger partial charge in [0.1, 0.15) is 11.5 Å². The Morgan fingerprint density at radius 1 is 1.27 bits per heavy atom. The Labute approximate surface area is 153 Å². The molecule has 0 unspecified atom stereocenters. The van der Waals surface area contributed by atoms with Crippen LogP contribution < -0.4 is 10.6 Å². The quantitative estimate of drug-likeness (QED) is 0.790. The van der Waals surface area contributed by atoms with E-state index < -0.39 is 0 Å². The normalized spacial score (nSPS) is 24.7. The molecule has 0 radical (unpaired) electrons. The lowest BCUT2D eigenvalue weighted by Gasteiger charge is -2.39. The lowest BCUT2D eigenvalue weighted by Crippen LogP contribution is -2.52. The highest BCUT2D eigenvalue weighted by atomic mass is 19.1. The van der Waals surface area contributed by atoms with Crippen molar-refractivity contribution in [1.29, 1.82) is 0 Å². The highest BCUT2D eigenvalue weighted by Crippen LogP contribution is 2.25. The molecule has 2 atom stereocenters. The number of aromatic amines is 1. The third kappa shape index (κ3) is 3.48. The maximum Gasteiger partial charge on any atom is 0.267 e. The number of amides is 1. The summed E-state index contributed by atoms with van der Waals surface area (Å²) in [6, 6.07) is 5.55. The van der Waals surface area contributed by atoms with Crippen LogP contribution in [0.5, 0.6) is 0 Å². The van der Waals surface area contributed by atoms with Crippen LogP contribution >= 0.6 is 0 Å². The third-order valence-corrected chi connectivity index (χ3v) is 5.84. The number of aromatic nitrogens is 1. The van der Waals surface area contributed by atoms with Gasteiger partial charge in [-0.15, -0.1) is 0 Å². The van der Waals surface area contributed by atoms with E-state index in [1.54, 1.807) is 12.1 Å². The van der Waals surface area contributed by atoms with Crippen LogP contribution in [0, 0.1) is 12.7 Å². The van der Waals surface area contributed by atoms with Crippen LogP contribution in [0.3, 0.4) is 0 Å². The number of carbonyl (C=O) groups is 1. The molecule has 2 heterocycles. The fourth-order valence-corrected chi connectivity index (χ4v) is 4.38. The number of H-pyrrole nitrogens is 1. The summed E-state index contributed by atoms with van der Waals surface area (Å²) >= 11 is 0. The molecule has 1 aliphatic carbocycles. The zero-order valence-corrected chi connectivity index (χ0v) is 15.3. The number of benzene rings is 1. The van der Waals surface area contributed by atoms with Crippen LogP contribution in [0.2, 0.25) is 0 Å². The monoisotopic (exact) mass is 358 g/mol. The topological polar surface area (TPSA) is 60.2 Å². The van der Waals surface area contributed by atoms with Crippen molar-refractivity contribution in [1.82, 2.24) is 20.5 Å². The molecule has 6 heteroatoms. The second-order valence-electron chi connectivity index (χ2n) is 7.61. The number of hydrogen-bond acceptors (Lipinski definition) is 3. The van der Waals surface area contributed by atoms with Crippen molar-refractivity contribution >= 4 is 16.8 Å². The highest BCUT2D eigenvalue weighted by molar-refractivity contribution is 5.99. The lowest BCUT2D eigenvalue weighted by atomic mass is 9.89. The first kappa shape index (κ1) is 17.5. The molecule has 4 rings (SSSR count). The summed E-state index contributed by atoms with van der Waals surface area (Å²) in [5.41, 5.74) is 2.09. The van der Waals surface area contributed by atoms with E-state index in [0.29, 0.717) is 22.6 Å². The Kier molecular flexibility index (Phi) is 4.96. The van der Waals surface area contributed by atoms with Gasteiger partial charge in [0.2, 0.25) is 0 Å². The van der Waals surface area contributed by atoms with Gasteiger partial charge in [-0.2, -0.15) is 0 Å². The van der Waals surface area contributed by atoms with Crippen molar-refractivity contribution in [3.63, 3.8) is 0 Å². The molecule has 1 amide bonds. The summed E-state index contributed by atoms with van der Waals surface area (Å²) in [6.07, 6.45) is 4.37. The molecular formula is C20H27FN4O. The van der Waals surface area contributed by atoms with E-state index in [9.17, 15) is 9.18 Å². The number of carbonyl (C=O) groups excluding carboxylic acids is 1. The molecule has 26 heavy (non-hydrogen) atoms. The Morgan fingerprint density at radius 2 is 2.08 bits per heavy atom. The van der Waals surface area contributed by atoms with Crippen molar-refractivity contribution in [3.05, 3.63) is 35.3 Å². The van der Waals surface area contributed by atoms with E-state index in [2.05, 4.69) is 20.5 Å². The molecule has 0 bridgehead atoms. The Hall–Kier alpha value is -1.92. The van der Waals surface area contributed by atoms with Crippen molar-refractivity contribution < 1.29 is 9.18 Å². The van der Waals surface area contributed by atoms with E-state index in [0.717, 1.165) is 51.0 Å². The number of rotatable bonds is 3. The van der Waals surface area contributed by atoms with Crippen molar-refractivity contribution in [3.8, 4) is 0 Å². The zero-order valence-electron chi connectivity index (χ0n) is 15.3. The molecule has 2 aliphatic rings. The second-order valence-corrected chi connectivity index (χ2v) is 7.61. The van der Waals surface area contributed by atoms with Gasteiger partial charge >= 0.3 is 0 Å². The molecule has 140 valence electrons. The first-order chi connectivity index (χ1) is 12.6.